The molecule has 2 bridgehead atoms. The molecule has 0 aromatic heterocycles. The Morgan fingerprint density at radius 2 is 2.03 bits per heavy atom. The zero-order chi connectivity index (χ0) is 21.2. The molecule has 0 saturated carbocycles. The number of carbonyl (C=O) groups excluding carboxylic acids is 4. The van der Waals surface area contributed by atoms with Gasteiger partial charge in [-0.15, -0.1) is 0 Å². The van der Waals surface area contributed by atoms with Gasteiger partial charge in [0.1, 0.15) is 12.1 Å². The molecule has 0 radical (unpaired) electrons. The summed E-state index contributed by atoms with van der Waals surface area (Å²) in [5.41, 5.74) is 9.71. The fourth-order valence-corrected chi connectivity index (χ4v) is 4.96. The number of guanidine groups is 1. The van der Waals surface area contributed by atoms with Gasteiger partial charge in [0.2, 0.25) is 17.7 Å². The monoisotopic (exact) mass is 407 g/mol. The molecule has 29 heavy (non-hydrogen) atoms. The van der Waals surface area contributed by atoms with Gasteiger partial charge in [-0.1, -0.05) is 0 Å². The quantitative estimate of drug-likeness (QED) is 0.164. The molecule has 3 saturated heterocycles. The molecule has 8 N–H and O–H groups in total. The molecule has 3 fully saturated rings. The van der Waals surface area contributed by atoms with Crippen molar-refractivity contribution in [3.8, 4) is 0 Å². The van der Waals surface area contributed by atoms with Gasteiger partial charge < -0.3 is 27.4 Å². The fraction of sp³-hybridized carbons (Fsp3) is 0.722. The van der Waals surface area contributed by atoms with E-state index in [1.807, 2.05) is 4.90 Å². The predicted molar refractivity (Wildman–Crippen MR) is 103 cm³/mol. The lowest BCUT2D eigenvalue weighted by Crippen LogP contribution is -2.67. The highest BCUT2D eigenvalue weighted by Gasteiger charge is 2.56. The third-order valence-electron chi connectivity index (χ3n) is 6.24. The summed E-state index contributed by atoms with van der Waals surface area (Å²) < 4.78 is 0. The molecule has 160 valence electrons. The molecule has 0 aromatic rings. The Kier molecular flexibility index (Phi) is 6.06. The Morgan fingerprint density at radius 3 is 2.72 bits per heavy atom. The number of rotatable bonds is 5. The molecule has 1 spiro atoms. The van der Waals surface area contributed by atoms with Crippen molar-refractivity contribution in [1.29, 1.82) is 5.41 Å². The fourth-order valence-electron chi connectivity index (χ4n) is 4.96. The standard InChI is InChI=1S/C18H29N7O4/c19-15(28)11-7-18(10(16(29)24-11)3-1-5-22-17(20)21)4-2-6-25-8-12(14(18)27)23-13(26)9-25/h10-12H,1-9H2,(H2,19,28)(H,23,26)(H,24,29)(H4,20,21,22)/t10-,11-,12-,18?/m1/s1. The maximum Gasteiger partial charge on any atom is 0.240 e. The average molecular weight is 407 g/mol. The van der Waals surface area contributed by atoms with Crippen LogP contribution in [0.4, 0.5) is 0 Å². The zero-order valence-electron chi connectivity index (χ0n) is 16.3. The van der Waals surface area contributed by atoms with Gasteiger partial charge in [-0.25, -0.2) is 0 Å². The van der Waals surface area contributed by atoms with Crippen molar-refractivity contribution in [3.63, 3.8) is 0 Å². The molecule has 11 heteroatoms. The van der Waals surface area contributed by atoms with Crippen LogP contribution in [0.5, 0.6) is 0 Å². The highest BCUT2D eigenvalue weighted by Crippen LogP contribution is 2.46. The molecule has 11 nitrogen and oxygen atoms in total. The number of Topliss-reactive ketones (excluding diaryl/α,β-unsaturated/α-hetero) is 1. The van der Waals surface area contributed by atoms with Crippen LogP contribution in [0.15, 0.2) is 0 Å². The SMILES string of the molecule is N=C(N)NCCC[C@@H]1C(=O)N[C@@H](C(N)=O)CC12CCCN1CC(=O)N[C@H](C1)C2=O. The first-order valence-corrected chi connectivity index (χ1v) is 9.96. The normalized spacial score (nSPS) is 34.6. The molecular formula is C18H29N7O4. The summed E-state index contributed by atoms with van der Waals surface area (Å²) in [4.78, 5) is 52.5. The Labute approximate surface area is 168 Å². The number of piperazine rings is 1. The van der Waals surface area contributed by atoms with Crippen LogP contribution in [0.3, 0.4) is 0 Å². The van der Waals surface area contributed by atoms with Crippen molar-refractivity contribution >= 4 is 29.5 Å². The first-order valence-electron chi connectivity index (χ1n) is 9.96. The van der Waals surface area contributed by atoms with Crippen molar-refractivity contribution in [2.45, 2.75) is 44.2 Å². The smallest absolute Gasteiger partial charge is 0.240 e. The lowest BCUT2D eigenvalue weighted by Gasteiger charge is -2.49. The van der Waals surface area contributed by atoms with Crippen molar-refractivity contribution in [3.05, 3.63) is 0 Å². The number of hydrogen-bond donors (Lipinski definition) is 6. The number of ketones is 1. The first kappa shape index (κ1) is 21.0. The third kappa shape index (κ3) is 4.34. The van der Waals surface area contributed by atoms with Gasteiger partial charge in [0.25, 0.3) is 0 Å². The molecule has 3 aliphatic rings. The van der Waals surface area contributed by atoms with Crippen LogP contribution < -0.4 is 27.4 Å². The molecule has 3 rings (SSSR count). The summed E-state index contributed by atoms with van der Waals surface area (Å²) in [5.74, 6) is -2.23. The van der Waals surface area contributed by atoms with Gasteiger partial charge in [-0.2, -0.15) is 0 Å². The molecule has 0 aromatic carbocycles. The molecule has 3 heterocycles. The number of amides is 3. The van der Waals surface area contributed by atoms with Crippen LogP contribution in [0.1, 0.15) is 32.1 Å². The van der Waals surface area contributed by atoms with Gasteiger partial charge in [0.15, 0.2) is 11.7 Å². The van der Waals surface area contributed by atoms with Gasteiger partial charge in [0.05, 0.1) is 12.5 Å². The number of nitrogens with zero attached hydrogens (tertiary/aromatic N) is 1. The molecular weight excluding hydrogens is 378 g/mol. The predicted octanol–water partition coefficient (Wildman–Crippen LogP) is -2.61. The van der Waals surface area contributed by atoms with Crippen molar-refractivity contribution in [2.24, 2.45) is 22.8 Å². The molecule has 5 atom stereocenters. The van der Waals surface area contributed by atoms with Gasteiger partial charge >= 0.3 is 0 Å². The summed E-state index contributed by atoms with van der Waals surface area (Å²) in [5, 5.41) is 15.4. The van der Waals surface area contributed by atoms with E-state index < -0.39 is 29.3 Å². The number of nitrogens with two attached hydrogens (primary N) is 2. The summed E-state index contributed by atoms with van der Waals surface area (Å²) in [6, 6.07) is -1.61. The second-order valence-corrected chi connectivity index (χ2v) is 8.18. The molecule has 3 amide bonds. The highest BCUT2D eigenvalue weighted by atomic mass is 16.2. The minimum atomic E-state index is -1.06. The minimum Gasteiger partial charge on any atom is -0.370 e. The second-order valence-electron chi connectivity index (χ2n) is 8.18. The van der Waals surface area contributed by atoms with Crippen molar-refractivity contribution in [2.75, 3.05) is 26.2 Å². The van der Waals surface area contributed by atoms with E-state index in [-0.39, 0.29) is 36.5 Å². The average Bonchev–Trinajstić information content (AvgIpc) is 2.64. The van der Waals surface area contributed by atoms with E-state index in [1.165, 1.54) is 0 Å². The number of fused-ring (bicyclic) bond motifs is 2. The van der Waals surface area contributed by atoms with E-state index in [2.05, 4.69) is 16.0 Å². The molecule has 2 unspecified atom stereocenters. The van der Waals surface area contributed by atoms with Crippen LogP contribution in [0.25, 0.3) is 0 Å². The van der Waals surface area contributed by atoms with E-state index >= 15 is 0 Å². The van der Waals surface area contributed by atoms with Crippen LogP contribution >= 0.6 is 0 Å². The Balaban J connectivity index is 1.89. The van der Waals surface area contributed by atoms with E-state index in [1.54, 1.807) is 0 Å². The maximum atomic E-state index is 13.7. The summed E-state index contributed by atoms with van der Waals surface area (Å²) in [6.07, 6.45) is 2.16. The van der Waals surface area contributed by atoms with Crippen molar-refractivity contribution in [1.82, 2.24) is 20.9 Å². The third-order valence-corrected chi connectivity index (χ3v) is 6.24. The molecule has 0 aliphatic carbocycles. The maximum absolute atomic E-state index is 13.7. The van der Waals surface area contributed by atoms with Gasteiger partial charge in [-0.3, -0.25) is 29.5 Å². The summed E-state index contributed by atoms with van der Waals surface area (Å²) in [7, 11) is 0. The summed E-state index contributed by atoms with van der Waals surface area (Å²) >= 11 is 0. The zero-order valence-corrected chi connectivity index (χ0v) is 16.3. The summed E-state index contributed by atoms with van der Waals surface area (Å²) in [6.45, 7) is 1.73. The first-order chi connectivity index (χ1) is 13.7. The Bertz CT molecular complexity index is 727. The van der Waals surface area contributed by atoms with E-state index in [4.69, 9.17) is 16.9 Å². The lowest BCUT2D eigenvalue weighted by molar-refractivity contribution is -0.154. The number of carbonyl (C=O) groups is 4. The van der Waals surface area contributed by atoms with E-state index in [0.29, 0.717) is 45.3 Å². The van der Waals surface area contributed by atoms with Crippen LogP contribution in [-0.4, -0.2) is 72.6 Å². The Morgan fingerprint density at radius 1 is 1.28 bits per heavy atom. The minimum absolute atomic E-state index is 0.143. The number of primary amides is 1. The number of piperidine rings is 1. The number of hydrogen-bond acceptors (Lipinski definition) is 6. The highest BCUT2D eigenvalue weighted by molar-refractivity contribution is 6.01. The van der Waals surface area contributed by atoms with E-state index in [9.17, 15) is 19.2 Å². The van der Waals surface area contributed by atoms with Crippen LogP contribution in [0, 0.1) is 16.7 Å². The van der Waals surface area contributed by atoms with Crippen molar-refractivity contribution < 1.29 is 19.2 Å². The van der Waals surface area contributed by atoms with Gasteiger partial charge in [-0.05, 0) is 38.6 Å². The lowest BCUT2D eigenvalue weighted by atomic mass is 9.59. The number of nitrogens with one attached hydrogen (secondary N) is 4. The largest absolute Gasteiger partial charge is 0.370 e. The second kappa shape index (κ2) is 8.36. The van der Waals surface area contributed by atoms with E-state index in [0.717, 1.165) is 0 Å². The topological polar surface area (TPSA) is 184 Å². The van der Waals surface area contributed by atoms with Crippen LogP contribution in [-0.2, 0) is 19.2 Å². The molecule has 3 aliphatic heterocycles. The van der Waals surface area contributed by atoms with Gasteiger partial charge in [0, 0.05) is 18.5 Å². The Hall–Kier alpha value is -2.69. The van der Waals surface area contributed by atoms with Crippen LogP contribution in [0.2, 0.25) is 0 Å².